The van der Waals surface area contributed by atoms with Crippen LogP contribution in [0.3, 0.4) is 0 Å². The van der Waals surface area contributed by atoms with E-state index in [-0.39, 0.29) is 18.1 Å². The van der Waals surface area contributed by atoms with Gasteiger partial charge in [0.25, 0.3) is 0 Å². The molecule has 3 rings (SSSR count). The average molecular weight is 404 g/mol. The molecular formula is C19H15Cl2N3O3. The van der Waals surface area contributed by atoms with Gasteiger partial charge in [-0.05, 0) is 42.8 Å². The zero-order chi connectivity index (χ0) is 19.4. The topological polar surface area (TPSA) is 72.7 Å². The fourth-order valence-corrected chi connectivity index (χ4v) is 2.89. The van der Waals surface area contributed by atoms with Crippen LogP contribution in [-0.4, -0.2) is 27.9 Å². The quantitative estimate of drug-likeness (QED) is 0.503. The highest BCUT2D eigenvalue weighted by atomic mass is 35.5. The number of halogens is 2. The van der Waals surface area contributed by atoms with E-state index in [1.54, 1.807) is 60.0 Å². The molecule has 8 heteroatoms. The van der Waals surface area contributed by atoms with Gasteiger partial charge in [-0.2, -0.15) is 0 Å². The summed E-state index contributed by atoms with van der Waals surface area (Å²) in [6, 6.07) is 10.2. The molecule has 2 heterocycles. The van der Waals surface area contributed by atoms with Gasteiger partial charge < -0.3 is 10.1 Å². The molecule has 1 aromatic carbocycles. The molecule has 1 N–H and O–H groups in total. The van der Waals surface area contributed by atoms with Gasteiger partial charge in [-0.1, -0.05) is 35.3 Å². The second kappa shape index (κ2) is 8.24. The molecular weight excluding hydrogens is 389 g/mol. The minimum Gasteiger partial charge on any atom is -0.461 e. The Kier molecular flexibility index (Phi) is 5.78. The molecule has 27 heavy (non-hydrogen) atoms. The molecule has 2 aromatic heterocycles. The van der Waals surface area contributed by atoms with Crippen LogP contribution in [0.15, 0.2) is 48.7 Å². The van der Waals surface area contributed by atoms with Crippen LogP contribution < -0.4 is 5.32 Å². The van der Waals surface area contributed by atoms with E-state index in [1.807, 2.05) is 0 Å². The number of imidazole rings is 1. The predicted octanol–water partition coefficient (Wildman–Crippen LogP) is 4.47. The second-order valence-electron chi connectivity index (χ2n) is 5.45. The van der Waals surface area contributed by atoms with Crippen molar-refractivity contribution in [2.24, 2.45) is 0 Å². The summed E-state index contributed by atoms with van der Waals surface area (Å²) in [5, 5.41) is 3.61. The number of anilines is 1. The van der Waals surface area contributed by atoms with Crippen LogP contribution in [0.5, 0.6) is 0 Å². The molecule has 0 aliphatic rings. The fourth-order valence-electron chi connectivity index (χ4n) is 2.42. The molecule has 138 valence electrons. The van der Waals surface area contributed by atoms with Crippen LogP contribution in [0.1, 0.15) is 23.0 Å². The van der Waals surface area contributed by atoms with Gasteiger partial charge in [-0.25, -0.2) is 9.78 Å². The van der Waals surface area contributed by atoms with Crippen molar-refractivity contribution in [2.45, 2.75) is 6.92 Å². The summed E-state index contributed by atoms with van der Waals surface area (Å²) in [6.07, 6.45) is 4.56. The molecule has 0 aliphatic carbocycles. The average Bonchev–Trinajstić information content (AvgIpc) is 3.00. The van der Waals surface area contributed by atoms with Gasteiger partial charge in [0.2, 0.25) is 5.91 Å². The number of pyridine rings is 1. The lowest BCUT2D eigenvalue weighted by atomic mass is 10.2. The Balaban J connectivity index is 1.88. The summed E-state index contributed by atoms with van der Waals surface area (Å²) in [4.78, 5) is 28.8. The first-order valence-corrected chi connectivity index (χ1v) is 8.83. The van der Waals surface area contributed by atoms with Gasteiger partial charge in [0.05, 0.1) is 6.61 Å². The maximum Gasteiger partial charge on any atom is 0.360 e. The summed E-state index contributed by atoms with van der Waals surface area (Å²) >= 11 is 12.0. The third kappa shape index (κ3) is 4.30. The lowest BCUT2D eigenvalue weighted by Crippen LogP contribution is -2.14. The number of carbonyl (C=O) groups is 2. The van der Waals surface area contributed by atoms with Crippen LogP contribution in [0, 0.1) is 0 Å². The summed E-state index contributed by atoms with van der Waals surface area (Å²) < 4.78 is 6.63. The third-order valence-electron chi connectivity index (χ3n) is 3.62. The van der Waals surface area contributed by atoms with Gasteiger partial charge in [0.1, 0.15) is 5.65 Å². The molecule has 0 aliphatic heterocycles. The molecule has 0 spiro atoms. The van der Waals surface area contributed by atoms with Crippen LogP contribution in [-0.2, 0) is 9.53 Å². The molecule has 0 fully saturated rings. The maximum atomic E-state index is 12.4. The van der Waals surface area contributed by atoms with Crippen molar-refractivity contribution >= 4 is 52.6 Å². The highest BCUT2D eigenvalue weighted by Crippen LogP contribution is 2.23. The molecule has 0 saturated heterocycles. The van der Waals surface area contributed by atoms with Gasteiger partial charge in [0, 0.05) is 22.3 Å². The van der Waals surface area contributed by atoms with E-state index < -0.39 is 11.9 Å². The summed E-state index contributed by atoms with van der Waals surface area (Å²) in [5.74, 6) is -0.820. The molecule has 1 amide bonds. The van der Waals surface area contributed by atoms with E-state index >= 15 is 0 Å². The number of hydrogen-bond donors (Lipinski definition) is 1. The Morgan fingerprint density at radius 3 is 2.81 bits per heavy atom. The van der Waals surface area contributed by atoms with Crippen molar-refractivity contribution in [3.8, 4) is 0 Å². The number of benzene rings is 1. The SMILES string of the molecule is CCOC(=O)c1nc2ccccn2c1NC(=O)/C=C/c1ccc(Cl)cc1Cl. The van der Waals surface area contributed by atoms with Crippen LogP contribution >= 0.6 is 23.2 Å². The largest absolute Gasteiger partial charge is 0.461 e. The number of fused-ring (bicyclic) bond motifs is 1. The van der Waals surface area contributed by atoms with E-state index in [4.69, 9.17) is 27.9 Å². The number of aromatic nitrogens is 2. The first-order valence-electron chi connectivity index (χ1n) is 8.08. The monoisotopic (exact) mass is 403 g/mol. The molecule has 3 aromatic rings. The highest BCUT2D eigenvalue weighted by Gasteiger charge is 2.21. The molecule has 0 radical (unpaired) electrons. The maximum absolute atomic E-state index is 12.4. The fraction of sp³-hybridized carbons (Fsp3) is 0.105. The molecule has 0 saturated carbocycles. The van der Waals surface area contributed by atoms with Gasteiger partial charge >= 0.3 is 5.97 Å². The van der Waals surface area contributed by atoms with E-state index in [1.165, 1.54) is 6.08 Å². The van der Waals surface area contributed by atoms with E-state index in [9.17, 15) is 9.59 Å². The van der Waals surface area contributed by atoms with Gasteiger partial charge in [0.15, 0.2) is 11.5 Å². The predicted molar refractivity (Wildman–Crippen MR) is 105 cm³/mol. The summed E-state index contributed by atoms with van der Waals surface area (Å²) in [6.45, 7) is 1.90. The van der Waals surface area contributed by atoms with E-state index in [2.05, 4.69) is 10.3 Å². The number of carbonyl (C=O) groups excluding carboxylic acids is 2. The standard InChI is InChI=1S/C19H15Cl2N3O3/c1-2-27-19(26)17-18(24-10-4-3-5-15(24)22-17)23-16(25)9-7-12-6-8-13(20)11-14(12)21/h3-11H,2H2,1H3,(H,23,25)/b9-7+. The zero-order valence-electron chi connectivity index (χ0n) is 14.3. The van der Waals surface area contributed by atoms with Crippen molar-refractivity contribution in [3.63, 3.8) is 0 Å². The number of nitrogens with zero attached hydrogens (tertiary/aromatic N) is 2. The number of nitrogens with one attached hydrogen (secondary N) is 1. The van der Waals surface area contributed by atoms with E-state index in [0.717, 1.165) is 0 Å². The highest BCUT2D eigenvalue weighted by molar-refractivity contribution is 6.35. The minimum atomic E-state index is -0.610. The van der Waals surface area contributed by atoms with Crippen molar-refractivity contribution < 1.29 is 14.3 Å². The molecule has 0 bridgehead atoms. The lowest BCUT2D eigenvalue weighted by Gasteiger charge is -2.05. The van der Waals surface area contributed by atoms with Crippen molar-refractivity contribution in [2.75, 3.05) is 11.9 Å². The van der Waals surface area contributed by atoms with Gasteiger partial charge in [-0.3, -0.25) is 9.20 Å². The number of esters is 1. The summed E-state index contributed by atoms with van der Waals surface area (Å²) in [5.41, 5.74) is 1.19. The second-order valence-corrected chi connectivity index (χ2v) is 6.29. The normalized spacial score (nSPS) is 11.1. The van der Waals surface area contributed by atoms with Gasteiger partial charge in [-0.15, -0.1) is 0 Å². The molecule has 0 atom stereocenters. The first-order chi connectivity index (χ1) is 13.0. The van der Waals surface area contributed by atoms with Crippen molar-refractivity contribution in [1.82, 2.24) is 9.38 Å². The Hall–Kier alpha value is -2.83. The Morgan fingerprint density at radius 1 is 1.26 bits per heavy atom. The van der Waals surface area contributed by atoms with Crippen LogP contribution in [0.25, 0.3) is 11.7 Å². The Labute approximate surface area is 165 Å². The number of ether oxygens (including phenoxy) is 1. The zero-order valence-corrected chi connectivity index (χ0v) is 15.8. The lowest BCUT2D eigenvalue weighted by molar-refractivity contribution is -0.111. The van der Waals surface area contributed by atoms with Crippen molar-refractivity contribution in [1.29, 1.82) is 0 Å². The minimum absolute atomic E-state index is 0.0364. The Bertz CT molecular complexity index is 1040. The Morgan fingerprint density at radius 2 is 2.07 bits per heavy atom. The van der Waals surface area contributed by atoms with Crippen LogP contribution in [0.4, 0.5) is 5.82 Å². The molecule has 6 nitrogen and oxygen atoms in total. The smallest absolute Gasteiger partial charge is 0.360 e. The number of amides is 1. The number of rotatable bonds is 5. The molecule has 0 unspecified atom stereocenters. The van der Waals surface area contributed by atoms with Crippen LogP contribution in [0.2, 0.25) is 10.0 Å². The van der Waals surface area contributed by atoms with Crippen molar-refractivity contribution in [3.05, 3.63) is 70.0 Å². The number of hydrogen-bond acceptors (Lipinski definition) is 4. The van der Waals surface area contributed by atoms with E-state index in [0.29, 0.717) is 21.3 Å². The third-order valence-corrected chi connectivity index (χ3v) is 4.18. The summed E-state index contributed by atoms with van der Waals surface area (Å²) in [7, 11) is 0. The first kappa shape index (κ1) is 18.9.